The Hall–Kier alpha value is -2.86. The van der Waals surface area contributed by atoms with E-state index in [1.807, 2.05) is 18.2 Å². The number of ketones is 1. The molecule has 0 aliphatic carbocycles. The molecule has 3 aliphatic heterocycles. The first-order chi connectivity index (χ1) is 15.9. The number of nitrogens with zero attached hydrogens (tertiary/aromatic N) is 2. The summed E-state index contributed by atoms with van der Waals surface area (Å²) in [7, 11) is -2.09. The molecule has 6 heteroatoms. The van der Waals surface area contributed by atoms with Crippen molar-refractivity contribution in [3.05, 3.63) is 53.1 Å². The Morgan fingerprint density at radius 1 is 1.00 bits per heavy atom. The molecule has 5 nitrogen and oxygen atoms in total. The van der Waals surface area contributed by atoms with Gasteiger partial charge in [0.25, 0.3) is 0 Å². The highest BCUT2D eigenvalue weighted by Gasteiger charge is 2.32. The summed E-state index contributed by atoms with van der Waals surface area (Å²) in [6.07, 6.45) is 7.99. The predicted octanol–water partition coefficient (Wildman–Crippen LogP) is 3.74. The number of carboxylic acids is 1. The summed E-state index contributed by atoms with van der Waals surface area (Å²) >= 11 is 0. The summed E-state index contributed by atoms with van der Waals surface area (Å²) in [4.78, 5) is 29.4. The Kier molecular flexibility index (Phi) is 5.65. The number of aliphatic carboxylic acids is 1. The molecular weight excluding hydrogens is 428 g/mol. The quantitative estimate of drug-likeness (QED) is 0.504. The van der Waals surface area contributed by atoms with Crippen LogP contribution in [0.1, 0.15) is 53.6 Å². The largest absolute Gasteiger partial charge is 0.481 e. The first-order valence-electron chi connectivity index (χ1n) is 12.1. The van der Waals surface area contributed by atoms with Gasteiger partial charge in [-0.3, -0.25) is 9.59 Å². The average molecular weight is 461 g/mol. The summed E-state index contributed by atoms with van der Waals surface area (Å²) < 4.78 is 0. The molecular formula is C27H32N2O3Si-. The van der Waals surface area contributed by atoms with Gasteiger partial charge in [-0.2, -0.15) is 23.5 Å². The first kappa shape index (κ1) is 22.0. The van der Waals surface area contributed by atoms with Gasteiger partial charge < -0.3 is 14.9 Å². The third-order valence-electron chi connectivity index (χ3n) is 7.48. The van der Waals surface area contributed by atoms with Gasteiger partial charge in [-0.1, -0.05) is 38.4 Å². The summed E-state index contributed by atoms with van der Waals surface area (Å²) in [6, 6.07) is 10.9. The fraction of sp³-hybridized carbons (Fsp3) is 0.407. The van der Waals surface area contributed by atoms with Crippen LogP contribution in [0, 0.1) is 0 Å². The molecule has 3 aliphatic rings. The van der Waals surface area contributed by atoms with Crippen molar-refractivity contribution in [2.45, 2.75) is 45.2 Å². The zero-order valence-corrected chi connectivity index (χ0v) is 20.6. The molecule has 2 aromatic carbocycles. The molecule has 0 amide bonds. The van der Waals surface area contributed by atoms with E-state index in [-0.39, 0.29) is 12.2 Å². The van der Waals surface area contributed by atoms with E-state index in [1.54, 1.807) is 0 Å². The molecule has 3 heterocycles. The van der Waals surface area contributed by atoms with E-state index in [0.717, 1.165) is 42.9 Å². The normalized spacial score (nSPS) is 18.5. The van der Waals surface area contributed by atoms with Crippen LogP contribution in [0.3, 0.4) is 0 Å². The van der Waals surface area contributed by atoms with E-state index >= 15 is 0 Å². The van der Waals surface area contributed by atoms with Crippen molar-refractivity contribution in [2.24, 2.45) is 0 Å². The monoisotopic (exact) mass is 460 g/mol. The molecule has 2 saturated heterocycles. The van der Waals surface area contributed by atoms with Crippen LogP contribution in [0.4, 0.5) is 11.4 Å². The molecule has 5 rings (SSSR count). The van der Waals surface area contributed by atoms with Crippen LogP contribution in [0.25, 0.3) is 6.08 Å². The second-order valence-corrected chi connectivity index (χ2v) is 14.3. The molecule has 0 aromatic heterocycles. The maximum Gasteiger partial charge on any atom is 0.303 e. The van der Waals surface area contributed by atoms with Crippen molar-refractivity contribution in [1.29, 1.82) is 0 Å². The topological polar surface area (TPSA) is 60.9 Å². The number of carboxylic acid groups (broad SMARTS) is 1. The van der Waals surface area contributed by atoms with Gasteiger partial charge in [-0.05, 0) is 54.5 Å². The second-order valence-electron chi connectivity index (χ2n) is 10.0. The van der Waals surface area contributed by atoms with E-state index in [2.05, 4.69) is 47.2 Å². The lowest BCUT2D eigenvalue weighted by Crippen LogP contribution is -2.60. The van der Waals surface area contributed by atoms with Crippen LogP contribution >= 0.6 is 0 Å². The molecule has 0 atom stereocenters. The van der Waals surface area contributed by atoms with E-state index in [4.69, 9.17) is 5.11 Å². The fourth-order valence-electron chi connectivity index (χ4n) is 5.16. The van der Waals surface area contributed by atoms with Gasteiger partial charge in [0.15, 0.2) is 5.78 Å². The minimum atomic E-state index is -2.09. The summed E-state index contributed by atoms with van der Waals surface area (Å²) in [5.41, 5.74) is 5.15. The van der Waals surface area contributed by atoms with Gasteiger partial charge in [0.1, 0.15) is 0 Å². The SMILES string of the molecule is C[Si-]1(C)c2cc(N3CCC3)ccc2C(=O)c2c(/C=C/CCCC(=O)O)cc(N3CCC3)cc21. The number of fused-ring (bicyclic) bond motifs is 2. The molecule has 173 valence electrons. The van der Waals surface area contributed by atoms with Crippen molar-refractivity contribution < 1.29 is 14.7 Å². The highest BCUT2D eigenvalue weighted by molar-refractivity contribution is 7.02. The van der Waals surface area contributed by atoms with Crippen molar-refractivity contribution >= 4 is 47.7 Å². The Labute approximate surface area is 196 Å². The summed E-state index contributed by atoms with van der Waals surface area (Å²) in [5, 5.41) is 11.4. The van der Waals surface area contributed by atoms with E-state index in [1.165, 1.54) is 34.6 Å². The molecule has 0 spiro atoms. The Bertz CT molecular complexity index is 1150. The summed E-state index contributed by atoms with van der Waals surface area (Å²) in [5.74, 6) is -0.639. The minimum absolute atomic E-state index is 0.127. The van der Waals surface area contributed by atoms with Crippen LogP contribution in [-0.2, 0) is 4.79 Å². The number of benzene rings is 2. The molecule has 2 aromatic rings. The fourth-order valence-corrected chi connectivity index (χ4v) is 8.22. The maximum absolute atomic E-state index is 13.8. The average Bonchev–Trinajstić information content (AvgIpc) is 2.69. The highest BCUT2D eigenvalue weighted by atomic mass is 28.3. The molecule has 33 heavy (non-hydrogen) atoms. The van der Waals surface area contributed by atoms with Gasteiger partial charge in [0.2, 0.25) is 0 Å². The Morgan fingerprint density at radius 3 is 2.30 bits per heavy atom. The highest BCUT2D eigenvalue weighted by Crippen LogP contribution is 2.31. The van der Waals surface area contributed by atoms with Gasteiger partial charge in [-0.15, -0.1) is 0 Å². The minimum Gasteiger partial charge on any atom is -0.481 e. The van der Waals surface area contributed by atoms with E-state index in [9.17, 15) is 9.59 Å². The standard InChI is InChI=1S/C27H32N2O3Si/c1-33(2)23-17-20(28-12-6-13-28)10-11-22(23)27(32)26-19(8-4-3-5-9-25(30)31)16-21(18-24(26)33)29-14-7-15-29/h4,8,10-11,16-18H,3,5-7,9,12-15H2,1-2H3,(H,30,31)/q-1/b8-4+. The molecule has 0 unspecified atom stereocenters. The zero-order valence-electron chi connectivity index (χ0n) is 19.6. The number of rotatable bonds is 7. The first-order valence-corrected chi connectivity index (χ1v) is 15.1. The molecule has 0 radical (unpaired) electrons. The van der Waals surface area contributed by atoms with Crippen LogP contribution in [0.2, 0.25) is 13.1 Å². The number of allylic oxidation sites excluding steroid dienone is 1. The molecule has 0 bridgehead atoms. The van der Waals surface area contributed by atoms with Gasteiger partial charge >= 0.3 is 5.97 Å². The number of carbonyl (C=O) groups excluding carboxylic acids is 1. The predicted molar refractivity (Wildman–Crippen MR) is 137 cm³/mol. The van der Waals surface area contributed by atoms with Crippen molar-refractivity contribution in [2.75, 3.05) is 36.0 Å². The number of carbonyl (C=O) groups is 2. The number of unbranched alkanes of at least 4 members (excludes halogenated alkanes) is 1. The summed E-state index contributed by atoms with van der Waals surface area (Å²) in [6.45, 7) is 9.06. The van der Waals surface area contributed by atoms with Crippen LogP contribution in [0.15, 0.2) is 36.4 Å². The lowest BCUT2D eigenvalue weighted by Gasteiger charge is -2.46. The van der Waals surface area contributed by atoms with Crippen molar-refractivity contribution in [3.8, 4) is 0 Å². The molecule has 2 fully saturated rings. The third kappa shape index (κ3) is 3.90. The van der Waals surface area contributed by atoms with Gasteiger partial charge in [0.05, 0.1) is 0 Å². The number of anilines is 2. The van der Waals surface area contributed by atoms with Crippen molar-refractivity contribution in [1.82, 2.24) is 0 Å². The zero-order chi connectivity index (χ0) is 23.2. The van der Waals surface area contributed by atoms with Crippen molar-refractivity contribution in [3.63, 3.8) is 0 Å². The number of hydrogen-bond acceptors (Lipinski definition) is 4. The lowest BCUT2D eigenvalue weighted by molar-refractivity contribution is -0.137. The van der Waals surface area contributed by atoms with Crippen LogP contribution in [0.5, 0.6) is 0 Å². The second kappa shape index (κ2) is 8.49. The Balaban J connectivity index is 1.57. The van der Waals surface area contributed by atoms with Crippen LogP contribution in [-0.4, -0.2) is 51.1 Å². The number of hydrogen-bond donors (Lipinski definition) is 1. The van der Waals surface area contributed by atoms with E-state index in [0.29, 0.717) is 12.8 Å². The lowest BCUT2D eigenvalue weighted by atomic mass is 9.95. The van der Waals surface area contributed by atoms with E-state index < -0.39 is 14.0 Å². The Morgan fingerprint density at radius 2 is 1.67 bits per heavy atom. The molecule has 1 N–H and O–H groups in total. The van der Waals surface area contributed by atoms with Crippen LogP contribution < -0.4 is 20.2 Å². The van der Waals surface area contributed by atoms with Gasteiger partial charge in [-0.25, -0.2) is 0 Å². The maximum atomic E-state index is 13.8. The smallest absolute Gasteiger partial charge is 0.303 e. The van der Waals surface area contributed by atoms with Gasteiger partial charge in [0, 0.05) is 44.0 Å². The third-order valence-corrected chi connectivity index (χ3v) is 11.0. The molecule has 0 saturated carbocycles.